The largest absolute Gasteiger partial charge is 0.324 e. The van der Waals surface area contributed by atoms with E-state index >= 15 is 0 Å². The summed E-state index contributed by atoms with van der Waals surface area (Å²) in [6, 6.07) is 13.2. The number of benzene rings is 1. The summed E-state index contributed by atoms with van der Waals surface area (Å²) in [5, 5.41) is 3.00. The van der Waals surface area contributed by atoms with Crippen LogP contribution in [0.1, 0.15) is 23.6 Å². The van der Waals surface area contributed by atoms with Crippen molar-refractivity contribution in [1.82, 2.24) is 9.47 Å². The molecule has 4 rings (SSSR count). The van der Waals surface area contributed by atoms with Gasteiger partial charge < -0.3 is 14.8 Å². The Morgan fingerprint density at radius 1 is 1.12 bits per heavy atom. The van der Waals surface area contributed by atoms with Gasteiger partial charge in [-0.1, -0.05) is 18.2 Å². The number of anilines is 1. The molecule has 2 aliphatic heterocycles. The highest BCUT2D eigenvalue weighted by atomic mass is 16.2. The third kappa shape index (κ3) is 2.70. The lowest BCUT2D eigenvalue weighted by molar-refractivity contribution is 0.139. The Kier molecular flexibility index (Phi) is 3.63. The van der Waals surface area contributed by atoms with Gasteiger partial charge in [-0.25, -0.2) is 4.79 Å². The van der Waals surface area contributed by atoms with E-state index in [1.807, 2.05) is 52.8 Å². The van der Waals surface area contributed by atoms with Crippen molar-refractivity contribution in [2.24, 2.45) is 5.92 Å². The first kappa shape index (κ1) is 15.0. The second-order valence-electron chi connectivity index (χ2n) is 6.90. The van der Waals surface area contributed by atoms with Crippen molar-refractivity contribution in [3.8, 4) is 0 Å². The van der Waals surface area contributed by atoms with Crippen molar-refractivity contribution >= 4 is 11.7 Å². The van der Waals surface area contributed by atoms with E-state index in [0.29, 0.717) is 25.6 Å². The summed E-state index contributed by atoms with van der Waals surface area (Å²) in [5.74, 6) is 0.592. The van der Waals surface area contributed by atoms with Crippen LogP contribution < -0.4 is 10.9 Å². The van der Waals surface area contributed by atoms with Crippen molar-refractivity contribution in [1.29, 1.82) is 0 Å². The van der Waals surface area contributed by atoms with Crippen molar-refractivity contribution in [3.05, 3.63) is 64.1 Å². The van der Waals surface area contributed by atoms with Crippen LogP contribution in [0.2, 0.25) is 0 Å². The maximum atomic E-state index is 12.6. The van der Waals surface area contributed by atoms with E-state index in [4.69, 9.17) is 0 Å². The molecule has 2 aromatic rings. The number of amides is 2. The Morgan fingerprint density at radius 2 is 1.96 bits per heavy atom. The van der Waals surface area contributed by atoms with Gasteiger partial charge in [-0.05, 0) is 43.0 Å². The molecule has 1 saturated heterocycles. The number of rotatable bonds is 1. The predicted octanol–water partition coefficient (Wildman–Crippen LogP) is 2.81. The minimum Gasteiger partial charge on any atom is -0.324 e. The molecule has 24 heavy (non-hydrogen) atoms. The maximum absolute atomic E-state index is 12.6. The molecule has 3 heterocycles. The monoisotopic (exact) mass is 323 g/mol. The van der Waals surface area contributed by atoms with E-state index in [9.17, 15) is 9.59 Å². The third-order valence-corrected chi connectivity index (χ3v) is 5.04. The predicted molar refractivity (Wildman–Crippen MR) is 93.3 cm³/mol. The number of nitrogens with one attached hydrogen (secondary N) is 1. The highest BCUT2D eigenvalue weighted by Gasteiger charge is 2.36. The van der Waals surface area contributed by atoms with Gasteiger partial charge in [0.05, 0.1) is 0 Å². The zero-order valence-corrected chi connectivity index (χ0v) is 13.7. The van der Waals surface area contributed by atoms with Gasteiger partial charge >= 0.3 is 6.03 Å². The van der Waals surface area contributed by atoms with Crippen LogP contribution in [0.5, 0.6) is 0 Å². The number of aryl methyl sites for hydroxylation is 1. The number of carbonyl (C=O) groups excluding carboxylic acids is 1. The molecule has 5 nitrogen and oxygen atoms in total. The summed E-state index contributed by atoms with van der Waals surface area (Å²) in [5.41, 5.74) is 3.08. The maximum Gasteiger partial charge on any atom is 0.321 e. The number of fused-ring (bicyclic) bond motifs is 4. The van der Waals surface area contributed by atoms with Crippen LogP contribution >= 0.6 is 0 Å². The lowest BCUT2D eigenvalue weighted by Crippen LogP contribution is -2.50. The molecule has 5 heteroatoms. The first-order chi connectivity index (χ1) is 11.6. The van der Waals surface area contributed by atoms with Gasteiger partial charge in [0, 0.05) is 43.0 Å². The van der Waals surface area contributed by atoms with Gasteiger partial charge in [-0.15, -0.1) is 0 Å². The number of urea groups is 1. The molecule has 0 spiro atoms. The second kappa shape index (κ2) is 5.82. The minimum absolute atomic E-state index is 0.0537. The van der Waals surface area contributed by atoms with Gasteiger partial charge in [0.1, 0.15) is 0 Å². The second-order valence-corrected chi connectivity index (χ2v) is 6.90. The average molecular weight is 323 g/mol. The molecule has 1 fully saturated rings. The van der Waals surface area contributed by atoms with Gasteiger partial charge in [-0.3, -0.25) is 4.79 Å². The molecule has 2 aliphatic rings. The highest BCUT2D eigenvalue weighted by molar-refractivity contribution is 5.89. The van der Waals surface area contributed by atoms with Crippen molar-refractivity contribution in [2.45, 2.75) is 25.8 Å². The summed E-state index contributed by atoms with van der Waals surface area (Å²) in [7, 11) is 0. The Bertz CT molecular complexity index is 843. The number of aromatic nitrogens is 1. The number of pyridine rings is 1. The van der Waals surface area contributed by atoms with Crippen LogP contribution in [0.15, 0.2) is 47.3 Å². The summed E-state index contributed by atoms with van der Waals surface area (Å²) in [6.45, 7) is 4.09. The molecule has 0 radical (unpaired) electrons. The van der Waals surface area contributed by atoms with E-state index in [1.165, 1.54) is 0 Å². The molecule has 124 valence electrons. The van der Waals surface area contributed by atoms with E-state index in [0.717, 1.165) is 23.4 Å². The van der Waals surface area contributed by atoms with Gasteiger partial charge in [0.15, 0.2) is 0 Å². The molecule has 2 amide bonds. The Balaban J connectivity index is 1.53. The van der Waals surface area contributed by atoms with Crippen LogP contribution in [0.3, 0.4) is 0 Å². The van der Waals surface area contributed by atoms with E-state index in [2.05, 4.69) is 5.32 Å². The summed E-state index contributed by atoms with van der Waals surface area (Å²) in [6.07, 6.45) is 1.05. The van der Waals surface area contributed by atoms with E-state index in [1.54, 1.807) is 6.07 Å². The number of piperidine rings is 1. The fourth-order valence-corrected chi connectivity index (χ4v) is 3.99. The Morgan fingerprint density at radius 3 is 2.79 bits per heavy atom. The van der Waals surface area contributed by atoms with Crippen molar-refractivity contribution in [2.75, 3.05) is 18.4 Å². The molecular weight excluding hydrogens is 302 g/mol. The average Bonchev–Trinajstić information content (AvgIpc) is 2.56. The zero-order chi connectivity index (χ0) is 16.7. The lowest BCUT2D eigenvalue weighted by atomic mass is 9.83. The number of likely N-dealkylation sites (tertiary alicyclic amines) is 1. The Labute approximate surface area is 140 Å². The first-order valence-corrected chi connectivity index (χ1v) is 8.42. The molecule has 0 aliphatic carbocycles. The summed E-state index contributed by atoms with van der Waals surface area (Å²) < 4.78 is 1.88. The standard InChI is InChI=1S/C19H21N3O2/c1-13-4-2-5-16(8-13)20-19(24)21-10-14-9-15(12-21)17-6-3-7-18(23)22(17)11-14/h2-8,14-15H,9-12H2,1H3,(H,20,24)/t14-,15-/m0/s1. The van der Waals surface area contributed by atoms with Crippen LogP contribution in [0.4, 0.5) is 10.5 Å². The van der Waals surface area contributed by atoms with Crippen LogP contribution in [-0.4, -0.2) is 28.6 Å². The molecule has 1 N–H and O–H groups in total. The van der Waals surface area contributed by atoms with Crippen molar-refractivity contribution in [3.63, 3.8) is 0 Å². The third-order valence-electron chi connectivity index (χ3n) is 5.04. The van der Waals surface area contributed by atoms with E-state index < -0.39 is 0 Å². The molecular formula is C19H21N3O2. The number of nitrogens with zero attached hydrogens (tertiary/aromatic N) is 2. The summed E-state index contributed by atoms with van der Waals surface area (Å²) in [4.78, 5) is 26.6. The van der Waals surface area contributed by atoms with Gasteiger partial charge in [-0.2, -0.15) is 0 Å². The molecule has 2 bridgehead atoms. The van der Waals surface area contributed by atoms with Gasteiger partial charge in [0.2, 0.25) is 0 Å². The first-order valence-electron chi connectivity index (χ1n) is 8.42. The molecule has 0 unspecified atom stereocenters. The molecule has 1 aromatic carbocycles. The zero-order valence-electron chi connectivity index (χ0n) is 13.7. The molecule has 0 saturated carbocycles. The Hall–Kier alpha value is -2.56. The lowest BCUT2D eigenvalue weighted by Gasteiger charge is -2.42. The molecule has 2 atom stereocenters. The van der Waals surface area contributed by atoms with E-state index in [-0.39, 0.29) is 17.5 Å². The fraction of sp³-hybridized carbons (Fsp3) is 0.368. The normalized spacial score (nSPS) is 22.0. The highest BCUT2D eigenvalue weighted by Crippen LogP contribution is 2.35. The topological polar surface area (TPSA) is 54.3 Å². The minimum atomic E-state index is -0.0537. The molecule has 1 aromatic heterocycles. The number of carbonyl (C=O) groups is 1. The van der Waals surface area contributed by atoms with Crippen molar-refractivity contribution < 1.29 is 4.79 Å². The number of hydrogen-bond acceptors (Lipinski definition) is 2. The smallest absolute Gasteiger partial charge is 0.321 e. The van der Waals surface area contributed by atoms with Crippen LogP contribution in [0, 0.1) is 12.8 Å². The van der Waals surface area contributed by atoms with Crippen LogP contribution in [0.25, 0.3) is 0 Å². The quantitative estimate of drug-likeness (QED) is 0.877. The summed E-state index contributed by atoms with van der Waals surface area (Å²) >= 11 is 0. The fourth-order valence-electron chi connectivity index (χ4n) is 3.99. The number of hydrogen-bond donors (Lipinski definition) is 1. The van der Waals surface area contributed by atoms with Gasteiger partial charge in [0.25, 0.3) is 5.56 Å². The SMILES string of the molecule is Cc1cccc(NC(=O)N2C[C@@H]3C[C@@H](C2)c2cccc(=O)n2C3)c1. The van der Waals surface area contributed by atoms with Crippen LogP contribution in [-0.2, 0) is 6.54 Å².